The number of piperidine rings is 1. The van der Waals surface area contributed by atoms with Crippen LogP contribution < -0.4 is 10.2 Å². The number of Topliss-reactive ketones (excluding diaryl/α,β-unsaturated/α-hetero) is 1. The van der Waals surface area contributed by atoms with Gasteiger partial charge in [-0.15, -0.1) is 0 Å². The summed E-state index contributed by atoms with van der Waals surface area (Å²) in [6.45, 7) is 3.67. The quantitative estimate of drug-likeness (QED) is 0.850. The SMILES string of the molecule is CC(=O)c1c[nH]c(C(=O)Nc2ccc(N3CCCCC3)cc2)c1. The Morgan fingerprint density at radius 3 is 2.39 bits per heavy atom. The highest BCUT2D eigenvalue weighted by molar-refractivity contribution is 6.05. The first-order valence-electron chi connectivity index (χ1n) is 7.99. The number of benzene rings is 1. The average Bonchev–Trinajstić information content (AvgIpc) is 3.07. The normalized spacial score (nSPS) is 14.6. The fourth-order valence-electron chi connectivity index (χ4n) is 2.83. The van der Waals surface area contributed by atoms with Crippen molar-refractivity contribution in [3.05, 3.63) is 47.8 Å². The third-order valence-corrected chi connectivity index (χ3v) is 4.18. The zero-order valence-electron chi connectivity index (χ0n) is 13.3. The average molecular weight is 311 g/mol. The van der Waals surface area contributed by atoms with Crippen LogP contribution in [0.15, 0.2) is 36.5 Å². The molecular formula is C18H21N3O2. The predicted molar refractivity (Wildman–Crippen MR) is 91.3 cm³/mol. The van der Waals surface area contributed by atoms with Crippen LogP contribution in [0.1, 0.15) is 47.0 Å². The second-order valence-corrected chi connectivity index (χ2v) is 5.91. The molecule has 2 aromatic rings. The molecule has 5 heteroatoms. The topological polar surface area (TPSA) is 65.2 Å². The van der Waals surface area contributed by atoms with E-state index in [-0.39, 0.29) is 11.7 Å². The number of hydrogen-bond acceptors (Lipinski definition) is 3. The Balaban J connectivity index is 1.65. The van der Waals surface area contributed by atoms with Gasteiger partial charge in [-0.05, 0) is 56.5 Å². The van der Waals surface area contributed by atoms with Crippen LogP contribution in [0.5, 0.6) is 0 Å². The van der Waals surface area contributed by atoms with E-state index in [0.29, 0.717) is 11.3 Å². The van der Waals surface area contributed by atoms with Crippen LogP contribution in [-0.2, 0) is 0 Å². The molecule has 1 aromatic carbocycles. The number of rotatable bonds is 4. The molecule has 1 amide bonds. The van der Waals surface area contributed by atoms with Crippen molar-refractivity contribution >= 4 is 23.1 Å². The van der Waals surface area contributed by atoms with E-state index in [1.807, 2.05) is 24.3 Å². The third-order valence-electron chi connectivity index (χ3n) is 4.18. The van der Waals surface area contributed by atoms with Crippen molar-refractivity contribution in [2.75, 3.05) is 23.3 Å². The summed E-state index contributed by atoms with van der Waals surface area (Å²) in [5.74, 6) is -0.311. The summed E-state index contributed by atoms with van der Waals surface area (Å²) in [7, 11) is 0. The molecule has 3 rings (SSSR count). The van der Waals surface area contributed by atoms with Gasteiger partial charge in [0.2, 0.25) is 0 Å². The maximum atomic E-state index is 12.2. The van der Waals surface area contributed by atoms with Gasteiger partial charge in [0, 0.05) is 36.2 Å². The Kier molecular flexibility index (Phi) is 4.46. The summed E-state index contributed by atoms with van der Waals surface area (Å²) in [6, 6.07) is 9.47. The predicted octanol–water partition coefficient (Wildman–Crippen LogP) is 3.46. The minimum absolute atomic E-state index is 0.0637. The van der Waals surface area contributed by atoms with Crippen LogP contribution in [0.2, 0.25) is 0 Å². The number of H-pyrrole nitrogens is 1. The number of hydrogen-bond donors (Lipinski definition) is 2. The second-order valence-electron chi connectivity index (χ2n) is 5.91. The Morgan fingerprint density at radius 2 is 1.78 bits per heavy atom. The molecule has 2 N–H and O–H groups in total. The van der Waals surface area contributed by atoms with Crippen molar-refractivity contribution in [3.8, 4) is 0 Å². The van der Waals surface area contributed by atoms with Gasteiger partial charge in [-0.1, -0.05) is 0 Å². The van der Waals surface area contributed by atoms with Gasteiger partial charge in [0.1, 0.15) is 5.69 Å². The number of ketones is 1. The van der Waals surface area contributed by atoms with Gasteiger partial charge in [-0.3, -0.25) is 9.59 Å². The number of aromatic amines is 1. The number of anilines is 2. The number of carbonyl (C=O) groups excluding carboxylic acids is 2. The van der Waals surface area contributed by atoms with E-state index in [0.717, 1.165) is 18.8 Å². The Labute approximate surface area is 135 Å². The first-order chi connectivity index (χ1) is 11.1. The van der Waals surface area contributed by atoms with Gasteiger partial charge in [0.25, 0.3) is 5.91 Å². The Hall–Kier alpha value is -2.56. The highest BCUT2D eigenvalue weighted by Crippen LogP contribution is 2.22. The van der Waals surface area contributed by atoms with Crippen LogP contribution in [-0.4, -0.2) is 29.8 Å². The molecule has 0 radical (unpaired) electrons. The maximum Gasteiger partial charge on any atom is 0.272 e. The molecule has 2 heterocycles. The second kappa shape index (κ2) is 6.69. The highest BCUT2D eigenvalue weighted by atomic mass is 16.2. The van der Waals surface area contributed by atoms with Gasteiger partial charge >= 0.3 is 0 Å². The fourth-order valence-corrected chi connectivity index (χ4v) is 2.83. The monoisotopic (exact) mass is 311 g/mol. The maximum absolute atomic E-state index is 12.2. The van der Waals surface area contributed by atoms with Gasteiger partial charge in [-0.2, -0.15) is 0 Å². The molecule has 120 valence electrons. The molecule has 0 saturated carbocycles. The van der Waals surface area contributed by atoms with Crippen LogP contribution in [0.25, 0.3) is 0 Å². The number of aromatic nitrogens is 1. The molecule has 1 fully saturated rings. The summed E-state index contributed by atoms with van der Waals surface area (Å²) in [5.41, 5.74) is 2.84. The largest absolute Gasteiger partial charge is 0.372 e. The lowest BCUT2D eigenvalue weighted by Crippen LogP contribution is -2.29. The van der Waals surface area contributed by atoms with Crippen molar-refractivity contribution < 1.29 is 9.59 Å². The zero-order chi connectivity index (χ0) is 16.2. The number of amides is 1. The van der Waals surface area contributed by atoms with Crippen LogP contribution in [0.4, 0.5) is 11.4 Å². The van der Waals surface area contributed by atoms with E-state index in [1.165, 1.54) is 31.9 Å². The van der Waals surface area contributed by atoms with E-state index in [4.69, 9.17) is 0 Å². The fraction of sp³-hybridized carbons (Fsp3) is 0.333. The summed E-state index contributed by atoms with van der Waals surface area (Å²) in [6.07, 6.45) is 5.34. The molecule has 0 bridgehead atoms. The smallest absolute Gasteiger partial charge is 0.272 e. The molecule has 0 spiro atoms. The third kappa shape index (κ3) is 3.62. The lowest BCUT2D eigenvalue weighted by atomic mass is 10.1. The highest BCUT2D eigenvalue weighted by Gasteiger charge is 2.13. The van der Waals surface area contributed by atoms with Crippen molar-refractivity contribution in [1.29, 1.82) is 0 Å². The molecule has 0 atom stereocenters. The van der Waals surface area contributed by atoms with E-state index >= 15 is 0 Å². The minimum atomic E-state index is -0.247. The van der Waals surface area contributed by atoms with E-state index in [2.05, 4.69) is 15.2 Å². The number of nitrogens with one attached hydrogen (secondary N) is 2. The number of carbonyl (C=O) groups is 2. The first-order valence-corrected chi connectivity index (χ1v) is 7.99. The van der Waals surface area contributed by atoms with Gasteiger partial charge in [-0.25, -0.2) is 0 Å². The van der Waals surface area contributed by atoms with E-state index in [9.17, 15) is 9.59 Å². The molecule has 0 aliphatic carbocycles. The molecule has 23 heavy (non-hydrogen) atoms. The van der Waals surface area contributed by atoms with E-state index in [1.54, 1.807) is 12.3 Å². The van der Waals surface area contributed by atoms with Crippen LogP contribution >= 0.6 is 0 Å². The standard InChI is InChI=1S/C18H21N3O2/c1-13(22)14-11-17(19-12-14)18(23)20-15-5-7-16(8-6-15)21-9-3-2-4-10-21/h5-8,11-12,19H,2-4,9-10H2,1H3,(H,20,23). The van der Waals surface area contributed by atoms with Gasteiger partial charge < -0.3 is 15.2 Å². The van der Waals surface area contributed by atoms with Crippen LogP contribution in [0.3, 0.4) is 0 Å². The summed E-state index contributed by atoms with van der Waals surface area (Å²) >= 11 is 0. The van der Waals surface area contributed by atoms with Crippen molar-refractivity contribution in [1.82, 2.24) is 4.98 Å². The number of nitrogens with zero attached hydrogens (tertiary/aromatic N) is 1. The first kappa shape index (κ1) is 15.3. The van der Waals surface area contributed by atoms with Crippen LogP contribution in [0, 0.1) is 0 Å². The van der Waals surface area contributed by atoms with Crippen molar-refractivity contribution in [3.63, 3.8) is 0 Å². The van der Waals surface area contributed by atoms with Crippen molar-refractivity contribution in [2.45, 2.75) is 26.2 Å². The van der Waals surface area contributed by atoms with Gasteiger partial charge in [0.15, 0.2) is 5.78 Å². The summed E-state index contributed by atoms with van der Waals surface area (Å²) in [5, 5.41) is 2.84. The lowest BCUT2D eigenvalue weighted by Gasteiger charge is -2.28. The molecule has 1 aliphatic heterocycles. The van der Waals surface area contributed by atoms with Gasteiger partial charge in [0.05, 0.1) is 0 Å². The molecular weight excluding hydrogens is 290 g/mol. The Bertz CT molecular complexity index is 697. The molecule has 5 nitrogen and oxygen atoms in total. The summed E-state index contributed by atoms with van der Waals surface area (Å²) < 4.78 is 0. The lowest BCUT2D eigenvalue weighted by molar-refractivity contribution is 0.101. The molecule has 1 saturated heterocycles. The molecule has 1 aliphatic rings. The van der Waals surface area contributed by atoms with Crippen molar-refractivity contribution in [2.24, 2.45) is 0 Å². The molecule has 1 aromatic heterocycles. The Morgan fingerprint density at radius 1 is 1.09 bits per heavy atom. The summed E-state index contributed by atoms with van der Waals surface area (Å²) in [4.78, 5) is 28.6. The molecule has 0 unspecified atom stereocenters. The zero-order valence-corrected chi connectivity index (χ0v) is 13.3. The van der Waals surface area contributed by atoms with E-state index < -0.39 is 0 Å². The minimum Gasteiger partial charge on any atom is -0.372 e.